The van der Waals surface area contributed by atoms with E-state index in [0.717, 1.165) is 68.3 Å². The van der Waals surface area contributed by atoms with Gasteiger partial charge in [0.25, 0.3) is 0 Å². The van der Waals surface area contributed by atoms with Crippen LogP contribution in [-0.2, 0) is 17.7 Å². The molecule has 6 heteroatoms. The van der Waals surface area contributed by atoms with E-state index in [1.54, 1.807) is 24.3 Å². The topological polar surface area (TPSA) is 70.8 Å². The number of hydrogen-bond donors (Lipinski definition) is 2. The van der Waals surface area contributed by atoms with E-state index in [9.17, 15) is 10.2 Å². The fourth-order valence-corrected chi connectivity index (χ4v) is 3.85. The SMILES string of the molecule is CCc1c(-c2ccc(O)cc2)nn(CCN2CCOCC2)c1-c1ccc(O)cc1. The summed E-state index contributed by atoms with van der Waals surface area (Å²) in [6.45, 7) is 7.28. The van der Waals surface area contributed by atoms with Crippen LogP contribution in [0.2, 0.25) is 0 Å². The molecule has 3 aromatic rings. The van der Waals surface area contributed by atoms with Gasteiger partial charge in [0.05, 0.1) is 31.1 Å². The second-order valence-corrected chi connectivity index (χ2v) is 7.30. The summed E-state index contributed by atoms with van der Waals surface area (Å²) in [5.41, 5.74) is 5.23. The molecule has 4 rings (SSSR count). The molecule has 29 heavy (non-hydrogen) atoms. The Kier molecular flexibility index (Phi) is 5.83. The van der Waals surface area contributed by atoms with Crippen molar-refractivity contribution < 1.29 is 14.9 Å². The van der Waals surface area contributed by atoms with Crippen molar-refractivity contribution in [2.24, 2.45) is 0 Å². The summed E-state index contributed by atoms with van der Waals surface area (Å²) in [5, 5.41) is 24.4. The van der Waals surface area contributed by atoms with Crippen LogP contribution in [0.3, 0.4) is 0 Å². The van der Waals surface area contributed by atoms with E-state index in [2.05, 4.69) is 16.5 Å². The van der Waals surface area contributed by atoms with E-state index < -0.39 is 0 Å². The van der Waals surface area contributed by atoms with Gasteiger partial charge in [-0.1, -0.05) is 6.92 Å². The van der Waals surface area contributed by atoms with Crippen LogP contribution in [0.5, 0.6) is 11.5 Å². The lowest BCUT2D eigenvalue weighted by Gasteiger charge is -2.26. The zero-order valence-electron chi connectivity index (χ0n) is 16.7. The number of benzene rings is 2. The number of ether oxygens (including phenoxy) is 1. The van der Waals surface area contributed by atoms with Gasteiger partial charge in [0.2, 0.25) is 0 Å². The molecule has 0 spiro atoms. The summed E-state index contributed by atoms with van der Waals surface area (Å²) in [4.78, 5) is 2.40. The monoisotopic (exact) mass is 393 g/mol. The Balaban J connectivity index is 1.74. The summed E-state index contributed by atoms with van der Waals surface area (Å²) in [7, 11) is 0. The van der Waals surface area contributed by atoms with Crippen molar-refractivity contribution in [2.75, 3.05) is 32.8 Å². The zero-order valence-corrected chi connectivity index (χ0v) is 16.7. The molecule has 1 aliphatic heterocycles. The van der Waals surface area contributed by atoms with Crippen molar-refractivity contribution in [3.63, 3.8) is 0 Å². The van der Waals surface area contributed by atoms with Crippen LogP contribution in [0, 0.1) is 0 Å². The standard InChI is InChI=1S/C23H27N3O3/c1-2-21-22(17-3-7-19(27)8-4-17)24-26(12-11-25-13-15-29-16-14-25)23(21)18-5-9-20(28)10-6-18/h3-10,27-28H,2,11-16H2,1H3. The van der Waals surface area contributed by atoms with Crippen LogP contribution in [0.4, 0.5) is 0 Å². The number of aromatic nitrogens is 2. The summed E-state index contributed by atoms with van der Waals surface area (Å²) < 4.78 is 7.54. The maximum atomic E-state index is 9.72. The average Bonchev–Trinajstić information content (AvgIpc) is 3.12. The quantitative estimate of drug-likeness (QED) is 0.671. The predicted octanol–water partition coefficient (Wildman–Crippen LogP) is 3.52. The third-order valence-corrected chi connectivity index (χ3v) is 5.42. The van der Waals surface area contributed by atoms with E-state index in [0.29, 0.717) is 0 Å². The molecule has 0 radical (unpaired) electrons. The minimum atomic E-state index is 0.248. The Labute approximate surface area is 171 Å². The highest BCUT2D eigenvalue weighted by molar-refractivity contribution is 5.75. The highest BCUT2D eigenvalue weighted by atomic mass is 16.5. The minimum Gasteiger partial charge on any atom is -0.508 e. The van der Waals surface area contributed by atoms with Crippen LogP contribution in [0.15, 0.2) is 48.5 Å². The lowest BCUT2D eigenvalue weighted by atomic mass is 10.00. The van der Waals surface area contributed by atoms with Gasteiger partial charge in [-0.25, -0.2) is 0 Å². The van der Waals surface area contributed by atoms with Crippen LogP contribution in [-0.4, -0.2) is 57.7 Å². The Hall–Kier alpha value is -2.83. The molecule has 0 aliphatic carbocycles. The van der Waals surface area contributed by atoms with Crippen molar-refractivity contribution in [3.8, 4) is 34.0 Å². The van der Waals surface area contributed by atoms with Gasteiger partial charge in [0.1, 0.15) is 11.5 Å². The van der Waals surface area contributed by atoms with Gasteiger partial charge in [-0.3, -0.25) is 9.58 Å². The van der Waals surface area contributed by atoms with E-state index >= 15 is 0 Å². The Morgan fingerprint density at radius 1 is 0.862 bits per heavy atom. The molecule has 6 nitrogen and oxygen atoms in total. The smallest absolute Gasteiger partial charge is 0.115 e. The van der Waals surface area contributed by atoms with Gasteiger partial charge in [-0.05, 0) is 55.0 Å². The lowest BCUT2D eigenvalue weighted by molar-refractivity contribution is 0.0360. The third kappa shape index (κ3) is 4.28. The molecule has 0 saturated carbocycles. The van der Waals surface area contributed by atoms with Gasteiger partial charge in [-0.2, -0.15) is 5.10 Å². The zero-order chi connectivity index (χ0) is 20.2. The maximum absolute atomic E-state index is 9.72. The van der Waals surface area contributed by atoms with Crippen LogP contribution < -0.4 is 0 Å². The molecule has 0 amide bonds. The van der Waals surface area contributed by atoms with Gasteiger partial charge in [0, 0.05) is 36.3 Å². The van der Waals surface area contributed by atoms with Gasteiger partial charge < -0.3 is 14.9 Å². The molecule has 0 bridgehead atoms. The molecule has 1 fully saturated rings. The average molecular weight is 393 g/mol. The van der Waals surface area contributed by atoms with Crippen molar-refractivity contribution in [3.05, 3.63) is 54.1 Å². The Morgan fingerprint density at radius 2 is 1.45 bits per heavy atom. The summed E-state index contributed by atoms with van der Waals surface area (Å²) in [5.74, 6) is 0.502. The minimum absolute atomic E-state index is 0.248. The van der Waals surface area contributed by atoms with Gasteiger partial charge >= 0.3 is 0 Å². The molecule has 2 N–H and O–H groups in total. The largest absolute Gasteiger partial charge is 0.508 e. The van der Waals surface area contributed by atoms with Crippen molar-refractivity contribution in [1.82, 2.24) is 14.7 Å². The van der Waals surface area contributed by atoms with Crippen LogP contribution in [0.25, 0.3) is 22.5 Å². The van der Waals surface area contributed by atoms with E-state index in [1.165, 1.54) is 5.56 Å². The molecule has 1 aromatic heterocycles. The highest BCUT2D eigenvalue weighted by Crippen LogP contribution is 2.34. The molecule has 152 valence electrons. The number of rotatable bonds is 6. The molecule has 2 aromatic carbocycles. The molecule has 1 aliphatic rings. The Bertz CT molecular complexity index is 943. The number of aromatic hydroxyl groups is 2. The van der Waals surface area contributed by atoms with Crippen LogP contribution >= 0.6 is 0 Å². The molecule has 1 saturated heterocycles. The first kappa shape index (κ1) is 19.5. The molecule has 0 unspecified atom stereocenters. The predicted molar refractivity (Wildman–Crippen MR) is 113 cm³/mol. The summed E-state index contributed by atoms with van der Waals surface area (Å²) >= 11 is 0. The fraction of sp³-hybridized carbons (Fsp3) is 0.348. The normalized spacial score (nSPS) is 14.9. The first-order valence-corrected chi connectivity index (χ1v) is 10.1. The van der Waals surface area contributed by atoms with E-state index in [1.807, 2.05) is 24.3 Å². The number of phenolic OH excluding ortho intramolecular Hbond substituents is 2. The molecular weight excluding hydrogens is 366 g/mol. The van der Waals surface area contributed by atoms with Crippen molar-refractivity contribution in [1.29, 1.82) is 0 Å². The van der Waals surface area contributed by atoms with Crippen molar-refractivity contribution in [2.45, 2.75) is 19.9 Å². The first-order chi connectivity index (χ1) is 14.2. The van der Waals surface area contributed by atoms with Crippen LogP contribution in [0.1, 0.15) is 12.5 Å². The number of phenols is 2. The number of morpholine rings is 1. The highest BCUT2D eigenvalue weighted by Gasteiger charge is 2.20. The second-order valence-electron chi connectivity index (χ2n) is 7.30. The Morgan fingerprint density at radius 3 is 2.03 bits per heavy atom. The molecule has 2 heterocycles. The van der Waals surface area contributed by atoms with Gasteiger partial charge in [-0.15, -0.1) is 0 Å². The lowest BCUT2D eigenvalue weighted by Crippen LogP contribution is -2.38. The fourth-order valence-electron chi connectivity index (χ4n) is 3.85. The molecule has 0 atom stereocenters. The van der Waals surface area contributed by atoms with Gasteiger partial charge in [0.15, 0.2) is 0 Å². The van der Waals surface area contributed by atoms with Crippen molar-refractivity contribution >= 4 is 0 Å². The van der Waals surface area contributed by atoms with E-state index in [-0.39, 0.29) is 11.5 Å². The molecular formula is C23H27N3O3. The second kappa shape index (κ2) is 8.68. The summed E-state index contributed by atoms with van der Waals surface area (Å²) in [6, 6.07) is 14.5. The number of hydrogen-bond acceptors (Lipinski definition) is 5. The summed E-state index contributed by atoms with van der Waals surface area (Å²) in [6.07, 6.45) is 0.837. The van der Waals surface area contributed by atoms with E-state index in [4.69, 9.17) is 9.84 Å². The first-order valence-electron chi connectivity index (χ1n) is 10.1. The maximum Gasteiger partial charge on any atom is 0.115 e. The third-order valence-electron chi connectivity index (χ3n) is 5.42. The number of nitrogens with zero attached hydrogens (tertiary/aromatic N) is 3.